The molecule has 0 aromatic heterocycles. The van der Waals surface area contributed by atoms with E-state index < -0.39 is 0 Å². The van der Waals surface area contributed by atoms with Gasteiger partial charge in [-0.25, -0.2) is 4.90 Å². The third-order valence-electron chi connectivity index (χ3n) is 17.0. The van der Waals surface area contributed by atoms with Crippen LogP contribution in [0.4, 0.5) is 91.0 Å². The molecule has 0 aliphatic carbocycles. The number of rotatable bonds is 30. The van der Waals surface area contributed by atoms with E-state index in [1.54, 1.807) is 18.7 Å². The maximum atomic E-state index is 4.48. The Labute approximate surface area is 748 Å². The standard InChI is InChI=1S/C40H52N6.C28H24N6.C25H19N4.3C2H6.Y.21H2/c1-5-9-29-45(30-10-6-2)39-25-21-37(22-26-39)43-41-35-17-13-33(14-18-35)34-15-19-36(20-16-34)42-44-38-23-27-40(28-24-38)46(31-11-7-3)32-12-8-4;1-5-20-33(4)27-16-12-25(13-17-27)31-29-23-8-10-24(11-9-23)30-32-26-14-18-28(19-15-26)34(21-6-2)22-7-3;1-19-7-13-23(14-8-19)27-29-25-17-11-21(12-18-25)20-9-15-24(16-10-20)28-26-22-5-3-2-4-6-22;3*1-2;;;;;;;;;;;;;;;;;;;;;;/h13-28H,5-12,29-32H2,1-4H3;8-19H,1-4H3;3-18H,1H3;3*1-2H3;;21*1H/q;;-1;;;;;;;;;;;;;;;;;;;;;;;;;. The van der Waals surface area contributed by atoms with Crippen LogP contribution in [-0.2, 0) is 32.7 Å². The number of aryl methyl sites for hydroxylation is 1. The molecule has 635 valence electrons. The first-order valence-electron chi connectivity index (χ1n) is 40.3. The summed E-state index contributed by atoms with van der Waals surface area (Å²) in [6.45, 7) is 32.8. The zero-order valence-electron chi connectivity index (χ0n) is 70.6. The van der Waals surface area contributed by atoms with Gasteiger partial charge in [-0.3, -0.25) is 0 Å². The van der Waals surface area contributed by atoms with Crippen molar-refractivity contribution in [2.24, 2.45) is 61.4 Å². The third-order valence-corrected chi connectivity index (χ3v) is 17.0. The Morgan fingerprint density at radius 2 is 0.466 bits per heavy atom. The Morgan fingerprint density at radius 3 is 0.698 bits per heavy atom. The van der Waals surface area contributed by atoms with Gasteiger partial charge in [-0.1, -0.05) is 179 Å². The molecule has 0 spiro atoms. The first-order chi connectivity index (χ1) is 56.5. The monoisotopic (exact) mass is 1660 g/mol. The molecule has 0 atom stereocenters. The molecule has 0 saturated carbocycles. The van der Waals surface area contributed by atoms with E-state index in [1.165, 1.54) is 68.3 Å². The van der Waals surface area contributed by atoms with E-state index in [0.717, 1.165) is 128 Å². The number of benzene rings is 11. The predicted octanol–water partition coefficient (Wildman–Crippen LogP) is 37.2. The number of unbranched alkanes of at least 4 members (excludes halogenated alkanes) is 4. The van der Waals surface area contributed by atoms with Gasteiger partial charge in [0.1, 0.15) is 0 Å². The van der Waals surface area contributed by atoms with E-state index in [9.17, 15) is 0 Å². The van der Waals surface area contributed by atoms with E-state index in [0.29, 0.717) is 0 Å². The predicted molar refractivity (Wildman–Crippen MR) is 531 cm³/mol. The van der Waals surface area contributed by atoms with Crippen molar-refractivity contribution in [1.82, 2.24) is 0 Å². The summed E-state index contributed by atoms with van der Waals surface area (Å²) in [7, 11) is 1.92. The van der Waals surface area contributed by atoms with Crippen LogP contribution in [0.2, 0.25) is 0 Å². The minimum Gasteiger partial charge on any atom is -0.372 e. The van der Waals surface area contributed by atoms with Gasteiger partial charge in [0, 0.05) is 131 Å². The zero-order valence-corrected chi connectivity index (χ0v) is 73.5. The number of hydrogen-bond acceptors (Lipinski definition) is 16. The molecule has 11 rings (SSSR count). The first-order valence-corrected chi connectivity index (χ1v) is 40.3. The van der Waals surface area contributed by atoms with Crippen LogP contribution >= 0.6 is 0 Å². The number of azo groups is 6. The van der Waals surface area contributed by atoms with Crippen molar-refractivity contribution >= 4 is 91.0 Å². The molecule has 1 radical (unpaired) electrons. The second-order valence-corrected chi connectivity index (χ2v) is 25.4. The maximum absolute atomic E-state index is 4.48. The second-order valence-electron chi connectivity index (χ2n) is 25.4. The third kappa shape index (κ3) is 34.0. The van der Waals surface area contributed by atoms with Gasteiger partial charge in [0.05, 0.1) is 68.2 Å². The average Bonchev–Trinajstić information content (AvgIpc) is 0.832. The van der Waals surface area contributed by atoms with Gasteiger partial charge in [-0.2, -0.15) is 79.6 Å². The van der Waals surface area contributed by atoms with Crippen molar-refractivity contribution in [2.45, 2.75) is 148 Å². The average molecular weight is 1660 g/mol. The Bertz CT molecular complexity index is 4850. The largest absolute Gasteiger partial charge is 0.372 e. The van der Waals surface area contributed by atoms with Gasteiger partial charge in [0.2, 0.25) is 0 Å². The molecular formula is C99H155N16Y-. The molecular weight excluding hydrogens is 1500 g/mol. The summed E-state index contributed by atoms with van der Waals surface area (Å²) in [4.78, 5) is 8.51. The Morgan fingerprint density at radius 1 is 0.267 bits per heavy atom. The molecule has 0 aliphatic rings. The van der Waals surface area contributed by atoms with E-state index in [1.807, 2.05) is 255 Å². The fraction of sp³-hybridized carbons (Fsp3) is 0.273. The minimum absolute atomic E-state index is 0. The summed E-state index contributed by atoms with van der Waals surface area (Å²) in [6, 6.07) is 99.2. The molecule has 0 amide bonds. The van der Waals surface area contributed by atoms with Crippen molar-refractivity contribution in [3.05, 3.63) is 279 Å². The van der Waals surface area contributed by atoms with E-state index >= 15 is 0 Å². The van der Waals surface area contributed by atoms with Gasteiger partial charge < -0.3 is 14.7 Å². The molecule has 17 heteroatoms. The molecule has 11 aromatic rings. The van der Waals surface area contributed by atoms with E-state index in [4.69, 9.17) is 0 Å². The number of nitrogens with zero attached hydrogens (tertiary/aromatic N) is 16. The van der Waals surface area contributed by atoms with Gasteiger partial charge in [-0.05, 0) is 263 Å². The quantitative estimate of drug-likeness (QED) is 0.0190. The van der Waals surface area contributed by atoms with E-state index in [-0.39, 0.29) is 62.7 Å². The van der Waals surface area contributed by atoms with Crippen molar-refractivity contribution in [3.63, 3.8) is 0 Å². The summed E-state index contributed by atoms with van der Waals surface area (Å²) < 4.78 is 0. The van der Waals surface area contributed by atoms with Crippen molar-refractivity contribution < 1.29 is 62.7 Å². The summed E-state index contributed by atoms with van der Waals surface area (Å²) in [5, 5.41) is 52.1. The maximum Gasteiger partial charge on any atom is 0.0858 e. The molecule has 0 N–H and O–H groups in total. The second kappa shape index (κ2) is 56.3. The van der Waals surface area contributed by atoms with E-state index in [2.05, 4.69) is 221 Å². The molecule has 0 fully saturated rings. The molecule has 16 nitrogen and oxygen atoms in total. The molecule has 0 bridgehead atoms. The fourth-order valence-corrected chi connectivity index (χ4v) is 10.8. The summed E-state index contributed by atoms with van der Waals surface area (Å²) in [6.07, 6.45) is 9.67. The number of anilines is 4. The fourth-order valence-electron chi connectivity index (χ4n) is 10.8. The topological polar surface area (TPSA) is 161 Å². The van der Waals surface area contributed by atoms with Crippen LogP contribution in [0.1, 0.15) is 177 Å². The number of hydrogen-bond donors (Lipinski definition) is 0. The Kier molecular flexibility index (Phi) is 45.9. The van der Waals surface area contributed by atoms with Crippen LogP contribution in [0.25, 0.3) is 22.3 Å². The van der Waals surface area contributed by atoms with Crippen LogP contribution in [0.5, 0.6) is 0 Å². The van der Waals surface area contributed by atoms with Crippen LogP contribution < -0.4 is 19.6 Å². The molecule has 0 heterocycles. The molecule has 11 aromatic carbocycles. The molecule has 0 unspecified atom stereocenters. The molecule has 0 aliphatic heterocycles. The summed E-state index contributed by atoms with van der Waals surface area (Å²) in [5.41, 5.74) is 19.7. The molecule has 116 heavy (non-hydrogen) atoms. The van der Waals surface area contributed by atoms with Gasteiger partial charge in [-0.15, -0.1) is 12.1 Å². The Hall–Kier alpha value is -12.0. The van der Waals surface area contributed by atoms with Crippen LogP contribution in [0, 0.1) is 48.9 Å². The first kappa shape index (κ1) is 94.6. The van der Waals surface area contributed by atoms with Crippen molar-refractivity contribution in [3.8, 4) is 58.1 Å². The molecule has 0 saturated heterocycles. The van der Waals surface area contributed by atoms with Crippen molar-refractivity contribution in [1.29, 1.82) is 0 Å². The van der Waals surface area contributed by atoms with Crippen LogP contribution in [0.15, 0.2) is 328 Å². The zero-order chi connectivity index (χ0) is 82.5. The minimum atomic E-state index is 0. The SMILES string of the molecule is CC.CC.CC.CC#CN(C)c1ccc(N=Nc2ccc(N=Nc3ccc(N(C#CC)C#CC)cc3)cc2)cc1.CCCCN(CCCC)c1ccc(N=Nc2ccc(-c3ccc(N=Nc4ccc(N(CCCC)CCCC)cc4)cc3)cc2)cc1.Cc1ccc(N=Nc2ccc(-c3ccc(N=Nc4cc[c-]cc4)cc3)cc2)cc1.[HH].[HH].[HH].[HH].[HH].[HH].[HH].[HH].[HH].[HH].[HH].[HH].[HH].[HH].[HH].[HH].[HH].[HH].[HH].[HH].[HH].[Y]. The van der Waals surface area contributed by atoms with Gasteiger partial charge in [0.15, 0.2) is 0 Å². The van der Waals surface area contributed by atoms with Crippen LogP contribution in [0.3, 0.4) is 0 Å². The smallest absolute Gasteiger partial charge is 0.0858 e. The summed E-state index contributed by atoms with van der Waals surface area (Å²) in [5.74, 6) is 8.59. The van der Waals surface area contributed by atoms with Crippen LogP contribution in [-0.4, -0.2) is 33.2 Å². The Balaban J connectivity index is -0.0000000965. The summed E-state index contributed by atoms with van der Waals surface area (Å²) >= 11 is 0. The normalized spacial score (nSPS) is 10.5. The van der Waals surface area contributed by atoms with Gasteiger partial charge >= 0.3 is 0 Å². The van der Waals surface area contributed by atoms with Crippen molar-refractivity contribution in [2.75, 3.05) is 52.8 Å². The van der Waals surface area contributed by atoms with Gasteiger partial charge in [0.25, 0.3) is 0 Å².